The standard InChI is InChI=1S/C19H19N5OS.C2HF3O2/c25-17-16(14-4-2-1-3-5-14)21-22-18-19(7-10-24(17)18)6-9-23(13-19)12-15-20-8-11-26-15;3-2(4,5)1(6)7/h1-5,8,11H,6-7,9-10,12-13H2;(H,6,7). The first-order valence-corrected chi connectivity index (χ1v) is 11.0. The summed E-state index contributed by atoms with van der Waals surface area (Å²) in [5.41, 5.74) is 1.22. The van der Waals surface area contributed by atoms with Crippen molar-refractivity contribution < 1.29 is 23.1 Å². The largest absolute Gasteiger partial charge is 0.490 e. The van der Waals surface area contributed by atoms with Crippen molar-refractivity contribution in [3.05, 3.63) is 63.1 Å². The SMILES string of the molecule is O=C(O)C(F)(F)F.O=c1c(-c2ccccc2)nnc2n1CCC21CCN(Cc2nccs2)C1. The minimum absolute atomic E-state index is 0.0172. The number of carboxylic acid groups (broad SMARTS) is 1. The molecular weight excluding hydrogens is 459 g/mol. The Morgan fingerprint density at radius 2 is 1.85 bits per heavy atom. The van der Waals surface area contributed by atoms with Gasteiger partial charge in [-0.3, -0.25) is 14.3 Å². The van der Waals surface area contributed by atoms with E-state index >= 15 is 0 Å². The van der Waals surface area contributed by atoms with Gasteiger partial charge in [0.1, 0.15) is 10.8 Å². The van der Waals surface area contributed by atoms with Gasteiger partial charge in [-0.05, 0) is 19.4 Å². The van der Waals surface area contributed by atoms with E-state index in [0.29, 0.717) is 5.69 Å². The van der Waals surface area contributed by atoms with Gasteiger partial charge in [-0.1, -0.05) is 30.3 Å². The van der Waals surface area contributed by atoms with Gasteiger partial charge >= 0.3 is 12.1 Å². The number of carboxylic acids is 1. The van der Waals surface area contributed by atoms with Gasteiger partial charge in [-0.2, -0.15) is 13.2 Å². The normalized spacial score (nSPS) is 19.8. The van der Waals surface area contributed by atoms with Crippen LogP contribution in [0.4, 0.5) is 13.2 Å². The number of fused-ring (bicyclic) bond motifs is 2. The molecule has 8 nitrogen and oxygen atoms in total. The number of rotatable bonds is 3. The second-order valence-corrected chi connectivity index (χ2v) is 8.89. The first-order chi connectivity index (χ1) is 15.7. The van der Waals surface area contributed by atoms with Crippen LogP contribution in [0.25, 0.3) is 11.3 Å². The molecule has 1 aromatic carbocycles. The molecule has 5 rings (SSSR count). The Kier molecular flexibility index (Phi) is 6.30. The Bertz CT molecular complexity index is 1180. The van der Waals surface area contributed by atoms with Crippen molar-refractivity contribution in [3.8, 4) is 11.3 Å². The van der Waals surface area contributed by atoms with Crippen LogP contribution in [0.2, 0.25) is 0 Å². The number of alkyl halides is 3. The van der Waals surface area contributed by atoms with E-state index in [9.17, 15) is 18.0 Å². The summed E-state index contributed by atoms with van der Waals surface area (Å²) in [6.07, 6.45) is -1.24. The fourth-order valence-corrected chi connectivity index (χ4v) is 4.89. The number of halogens is 3. The second kappa shape index (κ2) is 9.02. The Balaban J connectivity index is 0.000000325. The van der Waals surface area contributed by atoms with Gasteiger partial charge in [-0.25, -0.2) is 9.78 Å². The number of hydrogen-bond acceptors (Lipinski definition) is 7. The van der Waals surface area contributed by atoms with Gasteiger partial charge in [0.25, 0.3) is 5.56 Å². The van der Waals surface area contributed by atoms with E-state index in [1.54, 1.807) is 11.3 Å². The third-order valence-corrected chi connectivity index (χ3v) is 6.57. The van der Waals surface area contributed by atoms with Crippen molar-refractivity contribution in [3.63, 3.8) is 0 Å². The number of aromatic nitrogens is 4. The molecule has 33 heavy (non-hydrogen) atoms. The van der Waals surface area contributed by atoms with Crippen LogP contribution in [0.3, 0.4) is 0 Å². The lowest BCUT2D eigenvalue weighted by atomic mass is 9.85. The highest BCUT2D eigenvalue weighted by molar-refractivity contribution is 7.09. The summed E-state index contributed by atoms with van der Waals surface area (Å²) in [6, 6.07) is 9.60. The summed E-state index contributed by atoms with van der Waals surface area (Å²) in [5, 5.41) is 19.1. The van der Waals surface area contributed by atoms with Crippen LogP contribution in [0.1, 0.15) is 23.7 Å². The zero-order valence-electron chi connectivity index (χ0n) is 17.3. The van der Waals surface area contributed by atoms with Crippen LogP contribution in [0.15, 0.2) is 46.7 Å². The Morgan fingerprint density at radius 3 is 2.48 bits per heavy atom. The van der Waals surface area contributed by atoms with Crippen LogP contribution in [-0.2, 0) is 23.3 Å². The third kappa shape index (κ3) is 4.81. The topological polar surface area (TPSA) is 101 Å². The molecule has 0 radical (unpaired) electrons. The van der Waals surface area contributed by atoms with E-state index in [2.05, 4.69) is 20.1 Å². The summed E-state index contributed by atoms with van der Waals surface area (Å²) in [7, 11) is 0. The summed E-state index contributed by atoms with van der Waals surface area (Å²) in [6.45, 7) is 3.54. The van der Waals surface area contributed by atoms with Crippen molar-refractivity contribution in [1.82, 2.24) is 24.6 Å². The highest BCUT2D eigenvalue weighted by atomic mass is 32.1. The van der Waals surface area contributed by atoms with E-state index in [-0.39, 0.29) is 11.0 Å². The average molecular weight is 479 g/mol. The minimum Gasteiger partial charge on any atom is -0.475 e. The maximum Gasteiger partial charge on any atom is 0.490 e. The molecule has 1 spiro atoms. The highest BCUT2D eigenvalue weighted by Gasteiger charge is 2.47. The molecule has 3 aromatic rings. The Labute approximate surface area is 190 Å². The minimum atomic E-state index is -5.08. The van der Waals surface area contributed by atoms with Crippen LogP contribution >= 0.6 is 11.3 Å². The molecule has 0 amide bonds. The molecule has 1 saturated heterocycles. The van der Waals surface area contributed by atoms with Crippen molar-refractivity contribution >= 4 is 17.3 Å². The van der Waals surface area contributed by atoms with Crippen LogP contribution in [-0.4, -0.2) is 55.0 Å². The zero-order chi connectivity index (χ0) is 23.6. The summed E-state index contributed by atoms with van der Waals surface area (Å²) in [4.78, 5) is 28.7. The number of benzene rings is 1. The molecular formula is C21H20F3N5O3S. The number of thiazole rings is 1. The molecule has 1 N–H and O–H groups in total. The molecule has 1 fully saturated rings. The number of hydrogen-bond donors (Lipinski definition) is 1. The van der Waals surface area contributed by atoms with Crippen molar-refractivity contribution in [2.24, 2.45) is 0 Å². The number of carbonyl (C=O) groups is 1. The molecule has 0 saturated carbocycles. The van der Waals surface area contributed by atoms with Crippen molar-refractivity contribution in [2.75, 3.05) is 13.1 Å². The van der Waals surface area contributed by atoms with Gasteiger partial charge in [0.05, 0.1) is 6.54 Å². The lowest BCUT2D eigenvalue weighted by Gasteiger charge is -2.22. The molecule has 2 aromatic heterocycles. The summed E-state index contributed by atoms with van der Waals surface area (Å²) >= 11 is 1.69. The van der Waals surface area contributed by atoms with E-state index in [0.717, 1.165) is 55.4 Å². The van der Waals surface area contributed by atoms with E-state index in [4.69, 9.17) is 9.90 Å². The Hall–Kier alpha value is -3.12. The number of likely N-dealkylation sites (tertiary alicyclic amines) is 1. The highest BCUT2D eigenvalue weighted by Crippen LogP contribution is 2.41. The monoisotopic (exact) mass is 479 g/mol. The lowest BCUT2D eigenvalue weighted by Crippen LogP contribution is -2.33. The Morgan fingerprint density at radius 1 is 1.15 bits per heavy atom. The van der Waals surface area contributed by atoms with Crippen LogP contribution in [0.5, 0.6) is 0 Å². The van der Waals surface area contributed by atoms with Gasteiger partial charge < -0.3 is 5.11 Å². The van der Waals surface area contributed by atoms with Gasteiger partial charge in [0, 0.05) is 35.6 Å². The van der Waals surface area contributed by atoms with Crippen molar-refractivity contribution in [2.45, 2.75) is 37.5 Å². The smallest absolute Gasteiger partial charge is 0.475 e. The maximum absolute atomic E-state index is 13.0. The number of nitrogens with zero attached hydrogens (tertiary/aromatic N) is 5. The van der Waals surface area contributed by atoms with E-state index in [1.807, 2.05) is 46.5 Å². The predicted octanol–water partition coefficient (Wildman–Crippen LogP) is 2.94. The molecule has 2 aliphatic heterocycles. The maximum atomic E-state index is 13.0. The number of aliphatic carboxylic acids is 1. The molecule has 4 heterocycles. The molecule has 0 bridgehead atoms. The van der Waals surface area contributed by atoms with Crippen molar-refractivity contribution in [1.29, 1.82) is 0 Å². The van der Waals surface area contributed by atoms with Gasteiger partial charge in [0.15, 0.2) is 5.69 Å². The van der Waals surface area contributed by atoms with Gasteiger partial charge in [-0.15, -0.1) is 21.5 Å². The molecule has 174 valence electrons. The first kappa shape index (κ1) is 23.1. The quantitative estimate of drug-likeness (QED) is 0.616. The third-order valence-electron chi connectivity index (χ3n) is 5.80. The van der Waals surface area contributed by atoms with Crippen LogP contribution in [0, 0.1) is 0 Å². The fraction of sp³-hybridized carbons (Fsp3) is 0.381. The summed E-state index contributed by atoms with van der Waals surface area (Å²) < 4.78 is 33.6. The van der Waals surface area contributed by atoms with Crippen LogP contribution < -0.4 is 5.56 Å². The molecule has 2 aliphatic rings. The van der Waals surface area contributed by atoms with E-state index < -0.39 is 12.1 Å². The molecule has 1 unspecified atom stereocenters. The molecule has 1 atom stereocenters. The fourth-order valence-electron chi connectivity index (χ4n) is 4.23. The first-order valence-electron chi connectivity index (χ1n) is 10.1. The average Bonchev–Trinajstić information content (AvgIpc) is 3.52. The molecule has 0 aliphatic carbocycles. The van der Waals surface area contributed by atoms with E-state index in [1.165, 1.54) is 0 Å². The lowest BCUT2D eigenvalue weighted by molar-refractivity contribution is -0.192. The zero-order valence-corrected chi connectivity index (χ0v) is 18.1. The summed E-state index contributed by atoms with van der Waals surface area (Å²) in [5.74, 6) is -1.89. The second-order valence-electron chi connectivity index (χ2n) is 7.91. The predicted molar refractivity (Wildman–Crippen MR) is 114 cm³/mol. The molecule has 12 heteroatoms. The van der Waals surface area contributed by atoms with Gasteiger partial charge in [0.2, 0.25) is 0 Å².